The lowest BCUT2D eigenvalue weighted by Gasteiger charge is -2.13. The molecule has 17 heavy (non-hydrogen) atoms. The average Bonchev–Trinajstić information content (AvgIpc) is 2.75. The number of alkyl halides is 2. The van der Waals surface area contributed by atoms with E-state index >= 15 is 0 Å². The number of halogens is 4. The molecule has 1 aromatic rings. The van der Waals surface area contributed by atoms with E-state index in [-0.39, 0.29) is 5.91 Å². The molecule has 1 N–H and O–H groups in total. The van der Waals surface area contributed by atoms with Gasteiger partial charge in [-0.15, -0.1) is 23.2 Å². The molecular weight excluding hydrogens is 304 g/mol. The largest absolute Gasteiger partial charge is 0.324 e. The standard InChI is InChI=1S/C11H9Cl4NO/c1-10(5-11(10,14)15)9(17)16-7-4-2-3-6(12)8(7)13/h2-4H,5H2,1H3,(H,16,17). The fourth-order valence-electron chi connectivity index (χ4n) is 1.51. The highest BCUT2D eigenvalue weighted by molar-refractivity contribution is 6.53. The van der Waals surface area contributed by atoms with Crippen LogP contribution in [0.3, 0.4) is 0 Å². The number of carbonyl (C=O) groups is 1. The first-order chi connectivity index (χ1) is 7.78. The SMILES string of the molecule is CC1(C(=O)Nc2cccc(Cl)c2Cl)CC1(Cl)Cl. The molecular formula is C11H9Cl4NO. The van der Waals surface area contributed by atoms with Gasteiger partial charge in [-0.25, -0.2) is 0 Å². The minimum absolute atomic E-state index is 0.258. The number of amides is 1. The van der Waals surface area contributed by atoms with Crippen molar-refractivity contribution in [1.82, 2.24) is 0 Å². The maximum atomic E-state index is 12.0. The van der Waals surface area contributed by atoms with Gasteiger partial charge in [-0.2, -0.15) is 0 Å². The molecule has 1 amide bonds. The zero-order valence-corrected chi connectivity index (χ0v) is 11.9. The first-order valence-corrected chi connectivity index (χ1v) is 6.42. The third kappa shape index (κ3) is 2.24. The fourth-order valence-corrected chi connectivity index (χ4v) is 2.56. The molecule has 2 rings (SSSR count). The average molecular weight is 313 g/mol. The van der Waals surface area contributed by atoms with Crippen molar-refractivity contribution in [2.24, 2.45) is 5.41 Å². The zero-order valence-electron chi connectivity index (χ0n) is 8.86. The summed E-state index contributed by atoms with van der Waals surface area (Å²) in [5.41, 5.74) is -0.316. The van der Waals surface area contributed by atoms with Crippen molar-refractivity contribution in [2.75, 3.05) is 5.32 Å². The lowest BCUT2D eigenvalue weighted by molar-refractivity contribution is -0.120. The van der Waals surface area contributed by atoms with E-state index in [2.05, 4.69) is 5.32 Å². The molecule has 1 aliphatic carbocycles. The quantitative estimate of drug-likeness (QED) is 0.799. The van der Waals surface area contributed by atoms with Crippen LogP contribution in [0.5, 0.6) is 0 Å². The maximum Gasteiger partial charge on any atom is 0.233 e. The van der Waals surface area contributed by atoms with Crippen LogP contribution >= 0.6 is 46.4 Å². The van der Waals surface area contributed by atoms with Crippen LogP contribution in [-0.2, 0) is 4.79 Å². The molecule has 1 aromatic carbocycles. The number of carbonyl (C=O) groups excluding carboxylic acids is 1. The Labute approximate surface area is 119 Å². The van der Waals surface area contributed by atoms with Gasteiger partial charge in [-0.3, -0.25) is 4.79 Å². The highest BCUT2D eigenvalue weighted by Gasteiger charge is 2.67. The summed E-state index contributed by atoms with van der Waals surface area (Å²) in [5, 5.41) is 3.37. The summed E-state index contributed by atoms with van der Waals surface area (Å²) in [6.07, 6.45) is 0.424. The molecule has 0 spiro atoms. The first kappa shape index (κ1) is 13.3. The Balaban J connectivity index is 2.18. The molecule has 1 unspecified atom stereocenters. The summed E-state index contributed by atoms with van der Waals surface area (Å²) in [5.74, 6) is -0.258. The second-order valence-electron chi connectivity index (χ2n) is 4.27. The van der Waals surface area contributed by atoms with Crippen molar-refractivity contribution < 1.29 is 4.79 Å². The molecule has 0 radical (unpaired) electrons. The van der Waals surface area contributed by atoms with E-state index in [1.165, 1.54) is 0 Å². The highest BCUT2D eigenvalue weighted by atomic mass is 35.5. The summed E-state index contributed by atoms with van der Waals surface area (Å²) in [7, 11) is 0. The second-order valence-corrected chi connectivity index (χ2v) is 6.54. The molecule has 0 bridgehead atoms. The lowest BCUT2D eigenvalue weighted by Crippen LogP contribution is -2.26. The number of nitrogens with one attached hydrogen (secondary N) is 1. The Morgan fingerprint density at radius 3 is 2.47 bits per heavy atom. The number of rotatable bonds is 2. The van der Waals surface area contributed by atoms with Gasteiger partial charge in [0.05, 0.1) is 21.1 Å². The lowest BCUT2D eigenvalue weighted by atomic mass is 10.1. The number of hydrogen-bond donors (Lipinski definition) is 1. The van der Waals surface area contributed by atoms with Crippen LogP contribution < -0.4 is 5.32 Å². The predicted octanol–water partition coefficient (Wildman–Crippen LogP) is 4.52. The van der Waals surface area contributed by atoms with Gasteiger partial charge in [0.15, 0.2) is 0 Å². The predicted molar refractivity (Wildman–Crippen MR) is 72.3 cm³/mol. The van der Waals surface area contributed by atoms with Crippen LogP contribution in [0.15, 0.2) is 18.2 Å². The van der Waals surface area contributed by atoms with Crippen LogP contribution in [0.1, 0.15) is 13.3 Å². The van der Waals surface area contributed by atoms with E-state index in [1.54, 1.807) is 25.1 Å². The Kier molecular flexibility index (Phi) is 3.28. The van der Waals surface area contributed by atoms with E-state index in [4.69, 9.17) is 46.4 Å². The van der Waals surface area contributed by atoms with Crippen LogP contribution in [-0.4, -0.2) is 10.2 Å². The van der Waals surface area contributed by atoms with Crippen LogP contribution in [0.25, 0.3) is 0 Å². The molecule has 0 heterocycles. The van der Waals surface area contributed by atoms with Gasteiger partial charge < -0.3 is 5.32 Å². The summed E-state index contributed by atoms with van der Waals surface area (Å²) in [4.78, 5) is 12.0. The summed E-state index contributed by atoms with van der Waals surface area (Å²) in [6, 6.07) is 5.02. The topological polar surface area (TPSA) is 29.1 Å². The molecule has 0 aromatic heterocycles. The van der Waals surface area contributed by atoms with Crippen molar-refractivity contribution in [3.63, 3.8) is 0 Å². The van der Waals surface area contributed by atoms with Gasteiger partial charge in [-0.05, 0) is 25.5 Å². The highest BCUT2D eigenvalue weighted by Crippen LogP contribution is 2.64. The fraction of sp³-hybridized carbons (Fsp3) is 0.364. The van der Waals surface area contributed by atoms with Crippen molar-refractivity contribution in [2.45, 2.75) is 17.7 Å². The van der Waals surface area contributed by atoms with Crippen molar-refractivity contribution in [1.29, 1.82) is 0 Å². The van der Waals surface area contributed by atoms with Gasteiger partial charge in [0.2, 0.25) is 5.91 Å². The number of anilines is 1. The Morgan fingerprint density at radius 1 is 1.35 bits per heavy atom. The van der Waals surface area contributed by atoms with Gasteiger partial charge >= 0.3 is 0 Å². The third-order valence-corrected chi connectivity index (χ3v) is 4.88. The third-order valence-electron chi connectivity index (χ3n) is 2.96. The van der Waals surface area contributed by atoms with Gasteiger partial charge in [0, 0.05) is 0 Å². The van der Waals surface area contributed by atoms with E-state index in [0.29, 0.717) is 22.2 Å². The Bertz CT molecular complexity index is 488. The molecule has 1 fully saturated rings. The van der Waals surface area contributed by atoms with Crippen LogP contribution in [0.4, 0.5) is 5.69 Å². The molecule has 92 valence electrons. The monoisotopic (exact) mass is 311 g/mol. The smallest absolute Gasteiger partial charge is 0.233 e. The van der Waals surface area contributed by atoms with Gasteiger partial charge in [-0.1, -0.05) is 29.3 Å². The maximum absolute atomic E-state index is 12.0. The van der Waals surface area contributed by atoms with Crippen LogP contribution in [0.2, 0.25) is 10.0 Å². The Hall–Kier alpha value is -0.150. The summed E-state index contributed by atoms with van der Waals surface area (Å²) < 4.78 is -0.998. The molecule has 6 heteroatoms. The Morgan fingerprint density at radius 2 is 1.94 bits per heavy atom. The molecule has 1 aliphatic rings. The number of hydrogen-bond acceptors (Lipinski definition) is 1. The molecule has 1 saturated carbocycles. The van der Waals surface area contributed by atoms with Gasteiger partial charge in [0.1, 0.15) is 4.33 Å². The van der Waals surface area contributed by atoms with Gasteiger partial charge in [0.25, 0.3) is 0 Å². The second kappa shape index (κ2) is 4.20. The first-order valence-electron chi connectivity index (χ1n) is 4.91. The van der Waals surface area contributed by atoms with Crippen molar-refractivity contribution in [3.05, 3.63) is 28.2 Å². The van der Waals surface area contributed by atoms with E-state index in [9.17, 15) is 4.79 Å². The van der Waals surface area contributed by atoms with E-state index < -0.39 is 9.75 Å². The molecule has 2 nitrogen and oxygen atoms in total. The molecule has 0 saturated heterocycles. The molecule has 1 atom stereocenters. The van der Waals surface area contributed by atoms with E-state index in [0.717, 1.165) is 0 Å². The van der Waals surface area contributed by atoms with E-state index in [1.807, 2.05) is 0 Å². The number of benzene rings is 1. The molecule has 0 aliphatic heterocycles. The van der Waals surface area contributed by atoms with Crippen molar-refractivity contribution >= 4 is 58.0 Å². The van der Waals surface area contributed by atoms with Crippen molar-refractivity contribution in [3.8, 4) is 0 Å². The normalized spacial score (nSPS) is 25.5. The zero-order chi connectivity index (χ0) is 12.8. The minimum Gasteiger partial charge on any atom is -0.324 e. The van der Waals surface area contributed by atoms with Crippen LogP contribution in [0, 0.1) is 5.41 Å². The summed E-state index contributed by atoms with van der Waals surface area (Å²) in [6.45, 7) is 1.71. The minimum atomic E-state index is -0.998. The summed E-state index contributed by atoms with van der Waals surface area (Å²) >= 11 is 23.7.